The Balaban J connectivity index is 2.93. The molecule has 0 aliphatic rings. The number of fused-ring (bicyclic) bond motifs is 1. The van der Waals surface area contributed by atoms with E-state index < -0.39 is 0 Å². The maximum atomic E-state index is 8.83. The highest BCUT2D eigenvalue weighted by Gasteiger charge is 2.06. The molecule has 1 heterocycles. The molecule has 0 aliphatic carbocycles. The molecule has 0 unspecified atom stereocenters. The molecule has 0 aliphatic heterocycles. The summed E-state index contributed by atoms with van der Waals surface area (Å²) in [6, 6.07) is 7.57. The monoisotopic (exact) mass is 216 g/mol. The van der Waals surface area contributed by atoms with Gasteiger partial charge in [0.05, 0.1) is 5.52 Å². The zero-order chi connectivity index (χ0) is 11.0. The summed E-state index contributed by atoms with van der Waals surface area (Å²) >= 11 is 5.98. The number of pyridine rings is 1. The third kappa shape index (κ3) is 1.67. The number of nitriles is 1. The number of hydrogen-bond acceptors (Lipinski definition) is 2. The van der Waals surface area contributed by atoms with Gasteiger partial charge in [0.2, 0.25) is 0 Å². The molecule has 3 heteroatoms. The third-order valence-electron chi connectivity index (χ3n) is 2.39. The lowest BCUT2D eigenvalue weighted by atomic mass is 10.1. The molecule has 0 saturated heterocycles. The van der Waals surface area contributed by atoms with E-state index in [0.717, 1.165) is 22.0 Å². The fourth-order valence-corrected chi connectivity index (χ4v) is 1.95. The Morgan fingerprint density at radius 3 is 2.60 bits per heavy atom. The van der Waals surface area contributed by atoms with Crippen LogP contribution in [0.4, 0.5) is 0 Å². The summed E-state index contributed by atoms with van der Waals surface area (Å²) in [6.45, 7) is 3.91. The van der Waals surface area contributed by atoms with Gasteiger partial charge in [0.1, 0.15) is 11.8 Å². The smallest absolute Gasteiger partial charge is 0.141 e. The first-order chi connectivity index (χ1) is 7.11. The van der Waals surface area contributed by atoms with E-state index in [-0.39, 0.29) is 0 Å². The predicted octanol–water partition coefficient (Wildman–Crippen LogP) is 3.38. The van der Waals surface area contributed by atoms with Crippen LogP contribution < -0.4 is 0 Å². The standard InChI is InChI=1S/C12H9ClN2/c1-7-4-10(6-14)15-12-8(2)3-9(13)5-11(7)12/h3-5H,1-2H3. The van der Waals surface area contributed by atoms with Crippen molar-refractivity contribution in [1.82, 2.24) is 4.98 Å². The largest absolute Gasteiger partial charge is 0.237 e. The van der Waals surface area contributed by atoms with Crippen LogP contribution in [0.3, 0.4) is 0 Å². The van der Waals surface area contributed by atoms with E-state index in [1.54, 1.807) is 6.07 Å². The minimum atomic E-state index is 0.449. The number of nitrogens with zero attached hydrogens (tertiary/aromatic N) is 2. The molecule has 0 radical (unpaired) electrons. The minimum absolute atomic E-state index is 0.449. The predicted molar refractivity (Wildman–Crippen MR) is 60.9 cm³/mol. The van der Waals surface area contributed by atoms with Gasteiger partial charge in [-0.1, -0.05) is 11.6 Å². The first kappa shape index (κ1) is 9.95. The van der Waals surface area contributed by atoms with Crippen LogP contribution in [0.2, 0.25) is 5.02 Å². The number of aryl methyl sites for hydroxylation is 2. The van der Waals surface area contributed by atoms with Gasteiger partial charge < -0.3 is 0 Å². The Labute approximate surface area is 93.1 Å². The lowest BCUT2D eigenvalue weighted by Crippen LogP contribution is -1.91. The Morgan fingerprint density at radius 1 is 1.20 bits per heavy atom. The molecule has 1 aromatic heterocycles. The van der Waals surface area contributed by atoms with Crippen molar-refractivity contribution in [2.45, 2.75) is 13.8 Å². The summed E-state index contributed by atoms with van der Waals surface area (Å²) in [5.41, 5.74) is 3.33. The van der Waals surface area contributed by atoms with Gasteiger partial charge in [-0.05, 0) is 43.2 Å². The molecular weight excluding hydrogens is 208 g/mol. The van der Waals surface area contributed by atoms with E-state index in [0.29, 0.717) is 10.7 Å². The molecule has 0 saturated carbocycles. The summed E-state index contributed by atoms with van der Waals surface area (Å²) in [7, 11) is 0. The summed E-state index contributed by atoms with van der Waals surface area (Å²) in [6.07, 6.45) is 0. The van der Waals surface area contributed by atoms with Crippen molar-refractivity contribution in [3.05, 3.63) is 40.0 Å². The van der Waals surface area contributed by atoms with Crippen LogP contribution in [0, 0.1) is 25.2 Å². The molecule has 0 bridgehead atoms. The van der Waals surface area contributed by atoms with Crippen molar-refractivity contribution >= 4 is 22.5 Å². The normalized spacial score (nSPS) is 10.3. The SMILES string of the molecule is Cc1cc(C#N)nc2c(C)cc(Cl)cc12. The van der Waals surface area contributed by atoms with Gasteiger partial charge in [-0.3, -0.25) is 0 Å². The van der Waals surface area contributed by atoms with Crippen molar-refractivity contribution in [3.63, 3.8) is 0 Å². The van der Waals surface area contributed by atoms with Gasteiger partial charge in [-0.25, -0.2) is 4.98 Å². The number of aromatic nitrogens is 1. The average Bonchev–Trinajstić information content (AvgIpc) is 2.19. The Bertz CT molecular complexity index is 582. The Kier molecular flexibility index (Phi) is 2.34. The highest BCUT2D eigenvalue weighted by atomic mass is 35.5. The zero-order valence-corrected chi connectivity index (χ0v) is 9.26. The van der Waals surface area contributed by atoms with E-state index in [2.05, 4.69) is 11.1 Å². The summed E-state index contributed by atoms with van der Waals surface area (Å²) in [5, 5.41) is 10.5. The molecule has 0 N–H and O–H groups in total. The molecule has 74 valence electrons. The van der Waals surface area contributed by atoms with E-state index in [9.17, 15) is 0 Å². The number of benzene rings is 1. The Hall–Kier alpha value is -1.59. The van der Waals surface area contributed by atoms with Crippen LogP contribution in [-0.2, 0) is 0 Å². The van der Waals surface area contributed by atoms with Crippen LogP contribution in [0.1, 0.15) is 16.8 Å². The summed E-state index contributed by atoms with van der Waals surface area (Å²) in [4.78, 5) is 4.28. The maximum Gasteiger partial charge on any atom is 0.141 e. The topological polar surface area (TPSA) is 36.7 Å². The van der Waals surface area contributed by atoms with Crippen molar-refractivity contribution < 1.29 is 0 Å². The fourth-order valence-electron chi connectivity index (χ4n) is 1.68. The van der Waals surface area contributed by atoms with Crippen LogP contribution in [0.5, 0.6) is 0 Å². The van der Waals surface area contributed by atoms with Gasteiger partial charge in [0.25, 0.3) is 0 Å². The van der Waals surface area contributed by atoms with Crippen molar-refractivity contribution in [3.8, 4) is 6.07 Å². The second kappa shape index (κ2) is 3.52. The molecule has 0 fully saturated rings. The van der Waals surface area contributed by atoms with E-state index >= 15 is 0 Å². The second-order valence-corrected chi connectivity index (χ2v) is 3.99. The summed E-state index contributed by atoms with van der Waals surface area (Å²) < 4.78 is 0. The van der Waals surface area contributed by atoms with Crippen LogP contribution in [0.25, 0.3) is 10.9 Å². The van der Waals surface area contributed by atoms with E-state index in [4.69, 9.17) is 16.9 Å². The lowest BCUT2D eigenvalue weighted by Gasteiger charge is -2.05. The number of rotatable bonds is 0. The van der Waals surface area contributed by atoms with Gasteiger partial charge in [0.15, 0.2) is 0 Å². The van der Waals surface area contributed by atoms with Gasteiger partial charge in [-0.2, -0.15) is 5.26 Å². The second-order valence-electron chi connectivity index (χ2n) is 3.56. The van der Waals surface area contributed by atoms with Crippen LogP contribution in [0.15, 0.2) is 18.2 Å². The number of hydrogen-bond donors (Lipinski definition) is 0. The fraction of sp³-hybridized carbons (Fsp3) is 0.167. The van der Waals surface area contributed by atoms with Crippen LogP contribution >= 0.6 is 11.6 Å². The average molecular weight is 217 g/mol. The Morgan fingerprint density at radius 2 is 1.93 bits per heavy atom. The minimum Gasteiger partial charge on any atom is -0.237 e. The molecule has 0 amide bonds. The van der Waals surface area contributed by atoms with Gasteiger partial charge in [-0.15, -0.1) is 0 Å². The lowest BCUT2D eigenvalue weighted by molar-refractivity contribution is 1.28. The van der Waals surface area contributed by atoms with E-state index in [1.807, 2.05) is 26.0 Å². The summed E-state index contributed by atoms with van der Waals surface area (Å²) in [5.74, 6) is 0. The zero-order valence-electron chi connectivity index (χ0n) is 8.50. The molecule has 1 aromatic carbocycles. The molecule has 2 rings (SSSR count). The number of halogens is 1. The van der Waals surface area contributed by atoms with Gasteiger partial charge in [0, 0.05) is 10.4 Å². The highest BCUT2D eigenvalue weighted by Crippen LogP contribution is 2.25. The first-order valence-corrected chi connectivity index (χ1v) is 4.97. The van der Waals surface area contributed by atoms with Crippen molar-refractivity contribution in [1.29, 1.82) is 5.26 Å². The third-order valence-corrected chi connectivity index (χ3v) is 2.61. The van der Waals surface area contributed by atoms with Crippen LogP contribution in [-0.4, -0.2) is 4.98 Å². The molecular formula is C12H9ClN2. The van der Waals surface area contributed by atoms with Crippen molar-refractivity contribution in [2.75, 3.05) is 0 Å². The molecule has 0 atom stereocenters. The molecule has 0 spiro atoms. The molecule has 2 nitrogen and oxygen atoms in total. The van der Waals surface area contributed by atoms with E-state index in [1.165, 1.54) is 0 Å². The molecule has 2 aromatic rings. The highest BCUT2D eigenvalue weighted by molar-refractivity contribution is 6.31. The first-order valence-electron chi connectivity index (χ1n) is 4.59. The quantitative estimate of drug-likeness (QED) is 0.677. The van der Waals surface area contributed by atoms with Crippen molar-refractivity contribution in [2.24, 2.45) is 0 Å². The molecule has 15 heavy (non-hydrogen) atoms. The van der Waals surface area contributed by atoms with Gasteiger partial charge >= 0.3 is 0 Å². The maximum absolute atomic E-state index is 8.83.